The molecular formula is C24H34N4O2. The third-order valence-electron chi connectivity index (χ3n) is 6.80. The molecule has 2 N–H and O–H groups in total. The smallest absolute Gasteiger partial charge is 0.324 e. The van der Waals surface area contributed by atoms with Gasteiger partial charge in [-0.15, -0.1) is 0 Å². The molecule has 30 heavy (non-hydrogen) atoms. The van der Waals surface area contributed by atoms with Crippen molar-refractivity contribution in [2.24, 2.45) is 5.92 Å². The van der Waals surface area contributed by atoms with Crippen molar-refractivity contribution >= 4 is 22.8 Å². The molecule has 3 atom stereocenters. The molecule has 0 saturated carbocycles. The van der Waals surface area contributed by atoms with Gasteiger partial charge in [-0.1, -0.05) is 12.1 Å². The molecule has 2 aliphatic rings. The van der Waals surface area contributed by atoms with E-state index in [0.29, 0.717) is 18.5 Å². The Labute approximate surface area is 179 Å². The van der Waals surface area contributed by atoms with Gasteiger partial charge in [0.05, 0.1) is 5.92 Å². The number of imide groups is 1. The second kappa shape index (κ2) is 7.73. The van der Waals surface area contributed by atoms with Crippen LogP contribution in [0.5, 0.6) is 0 Å². The highest BCUT2D eigenvalue weighted by Crippen LogP contribution is 2.45. The monoisotopic (exact) mass is 410 g/mol. The van der Waals surface area contributed by atoms with Gasteiger partial charge in [-0.25, -0.2) is 4.79 Å². The Morgan fingerprint density at radius 2 is 1.97 bits per heavy atom. The van der Waals surface area contributed by atoms with Crippen LogP contribution in [0, 0.1) is 12.8 Å². The number of hydrogen-bond acceptors (Lipinski definition) is 3. The largest absolute Gasteiger partial charge is 0.358 e. The molecule has 2 aromatic rings. The summed E-state index contributed by atoms with van der Waals surface area (Å²) >= 11 is 0. The Hall–Kier alpha value is -2.34. The Morgan fingerprint density at radius 1 is 1.23 bits per heavy atom. The van der Waals surface area contributed by atoms with Crippen LogP contribution in [0.15, 0.2) is 18.2 Å². The maximum absolute atomic E-state index is 13.5. The van der Waals surface area contributed by atoms with Crippen LogP contribution in [0.3, 0.4) is 0 Å². The Balaban J connectivity index is 1.65. The molecular weight excluding hydrogens is 376 g/mol. The van der Waals surface area contributed by atoms with E-state index in [9.17, 15) is 9.59 Å². The molecule has 1 aromatic carbocycles. The van der Waals surface area contributed by atoms with E-state index in [4.69, 9.17) is 0 Å². The fraction of sp³-hybridized carbons (Fsp3) is 0.583. The first-order valence-electron chi connectivity index (χ1n) is 11.1. The minimum atomic E-state index is -0.288. The quantitative estimate of drug-likeness (QED) is 0.809. The molecule has 1 fully saturated rings. The lowest BCUT2D eigenvalue weighted by Gasteiger charge is -2.46. The maximum Gasteiger partial charge on any atom is 0.324 e. The van der Waals surface area contributed by atoms with Crippen molar-refractivity contribution in [1.29, 1.82) is 0 Å². The summed E-state index contributed by atoms with van der Waals surface area (Å²) in [6.07, 6.45) is 1.79. The molecule has 1 aromatic heterocycles. The summed E-state index contributed by atoms with van der Waals surface area (Å²) < 4.78 is 0. The average molecular weight is 411 g/mol. The molecule has 0 bridgehead atoms. The van der Waals surface area contributed by atoms with E-state index in [2.05, 4.69) is 47.4 Å². The van der Waals surface area contributed by atoms with E-state index >= 15 is 0 Å². The van der Waals surface area contributed by atoms with E-state index in [1.54, 1.807) is 0 Å². The van der Waals surface area contributed by atoms with Crippen molar-refractivity contribution in [3.8, 4) is 0 Å². The molecule has 2 heterocycles. The summed E-state index contributed by atoms with van der Waals surface area (Å²) in [6.45, 7) is 10.5. The van der Waals surface area contributed by atoms with Crippen molar-refractivity contribution < 1.29 is 9.59 Å². The van der Waals surface area contributed by atoms with Gasteiger partial charge in [-0.2, -0.15) is 0 Å². The number of likely N-dealkylation sites (tertiary alicyclic amines) is 1. The maximum atomic E-state index is 13.5. The van der Waals surface area contributed by atoms with Gasteiger partial charge in [-0.3, -0.25) is 9.69 Å². The molecule has 1 saturated heterocycles. The number of nitrogens with zero attached hydrogens (tertiary/aromatic N) is 2. The summed E-state index contributed by atoms with van der Waals surface area (Å²) in [4.78, 5) is 33.5. The number of urea groups is 1. The number of nitrogens with one attached hydrogen (secondary N) is 2. The molecule has 162 valence electrons. The van der Waals surface area contributed by atoms with E-state index in [-0.39, 0.29) is 29.9 Å². The van der Waals surface area contributed by atoms with Crippen LogP contribution in [-0.2, 0) is 11.2 Å². The number of hydrogen-bond donors (Lipinski definition) is 2. The number of carbonyl (C=O) groups is 2. The fourth-order valence-electron chi connectivity index (χ4n) is 5.49. The number of H-pyrrole nitrogens is 1. The fourth-order valence-corrected chi connectivity index (χ4v) is 5.49. The number of aromatic nitrogens is 1. The third-order valence-corrected chi connectivity index (χ3v) is 6.80. The molecule has 4 rings (SSSR count). The lowest BCUT2D eigenvalue weighted by molar-refractivity contribution is -0.136. The van der Waals surface area contributed by atoms with Crippen LogP contribution in [0.1, 0.15) is 56.9 Å². The zero-order valence-electron chi connectivity index (χ0n) is 19.0. The van der Waals surface area contributed by atoms with Crippen LogP contribution in [-0.4, -0.2) is 58.4 Å². The minimum absolute atomic E-state index is 0.00356. The Morgan fingerprint density at radius 3 is 2.63 bits per heavy atom. The molecule has 0 spiro atoms. The Bertz CT molecular complexity index is 977. The number of rotatable bonds is 3. The summed E-state index contributed by atoms with van der Waals surface area (Å²) in [5.74, 6) is 0.0522. The predicted octanol–water partition coefficient (Wildman–Crippen LogP) is 3.79. The number of benzene rings is 1. The number of carbonyl (C=O) groups excluding carboxylic acids is 2. The molecule has 2 unspecified atom stereocenters. The Kier molecular flexibility index (Phi) is 5.39. The SMILES string of the molecule is Cc1[nH]c2cccc3c2c1C[C@@H]1C3CC(C(=O)N(C(=O)NC(C)C)C(C)C)CN1C. The second-order valence-electron chi connectivity index (χ2n) is 9.65. The molecule has 1 aliphatic carbocycles. The van der Waals surface area contributed by atoms with Gasteiger partial charge in [0.2, 0.25) is 5.91 Å². The number of amides is 3. The number of aromatic amines is 1. The molecule has 3 amide bonds. The van der Waals surface area contributed by atoms with Crippen LogP contribution in [0.2, 0.25) is 0 Å². The standard InChI is InChI=1S/C24H34N4O2/c1-13(2)25-24(30)28(14(3)4)23(29)16-10-19-17-8-7-9-20-22(17)18(15(5)26-20)11-21(19)27(6)12-16/h7-9,13-14,16,19,21,26H,10-12H2,1-6H3,(H,25,30)/t16?,19?,21-/m1/s1. The molecule has 0 radical (unpaired) electrons. The van der Waals surface area contributed by atoms with Crippen molar-refractivity contribution in [1.82, 2.24) is 20.1 Å². The van der Waals surface area contributed by atoms with Crippen LogP contribution < -0.4 is 5.32 Å². The number of likely N-dealkylation sites (N-methyl/N-ethyl adjacent to an activating group) is 1. The van der Waals surface area contributed by atoms with Crippen molar-refractivity contribution in [2.75, 3.05) is 13.6 Å². The van der Waals surface area contributed by atoms with E-state index in [0.717, 1.165) is 12.8 Å². The first-order valence-corrected chi connectivity index (χ1v) is 11.1. The van der Waals surface area contributed by atoms with Gasteiger partial charge < -0.3 is 15.2 Å². The van der Waals surface area contributed by atoms with E-state index in [1.807, 2.05) is 27.7 Å². The normalized spacial score (nSPS) is 23.7. The van der Waals surface area contributed by atoms with Gasteiger partial charge >= 0.3 is 6.03 Å². The summed E-state index contributed by atoms with van der Waals surface area (Å²) in [5.41, 5.74) is 5.20. The van der Waals surface area contributed by atoms with Crippen molar-refractivity contribution in [3.05, 3.63) is 35.0 Å². The van der Waals surface area contributed by atoms with Crippen molar-refractivity contribution in [2.45, 2.75) is 71.5 Å². The first kappa shape index (κ1) is 20.9. The van der Waals surface area contributed by atoms with Gasteiger partial charge in [0.25, 0.3) is 0 Å². The topological polar surface area (TPSA) is 68.4 Å². The van der Waals surface area contributed by atoms with E-state index in [1.165, 1.54) is 32.6 Å². The zero-order chi connectivity index (χ0) is 21.7. The summed E-state index contributed by atoms with van der Waals surface area (Å²) in [5, 5.41) is 4.24. The molecule has 6 heteroatoms. The van der Waals surface area contributed by atoms with Gasteiger partial charge in [0.1, 0.15) is 0 Å². The van der Waals surface area contributed by atoms with Crippen LogP contribution in [0.25, 0.3) is 10.9 Å². The second-order valence-corrected chi connectivity index (χ2v) is 9.65. The lowest BCUT2D eigenvalue weighted by atomic mass is 9.72. The molecule has 6 nitrogen and oxygen atoms in total. The summed E-state index contributed by atoms with van der Waals surface area (Å²) in [7, 11) is 2.12. The van der Waals surface area contributed by atoms with Crippen molar-refractivity contribution in [3.63, 3.8) is 0 Å². The number of piperidine rings is 1. The first-order chi connectivity index (χ1) is 14.2. The highest BCUT2D eigenvalue weighted by atomic mass is 16.2. The number of aryl methyl sites for hydroxylation is 1. The zero-order valence-corrected chi connectivity index (χ0v) is 19.0. The highest BCUT2D eigenvalue weighted by molar-refractivity contribution is 5.96. The third kappa shape index (κ3) is 3.41. The minimum Gasteiger partial charge on any atom is -0.358 e. The van der Waals surface area contributed by atoms with Crippen LogP contribution >= 0.6 is 0 Å². The highest BCUT2D eigenvalue weighted by Gasteiger charge is 2.43. The van der Waals surface area contributed by atoms with Crippen LogP contribution in [0.4, 0.5) is 4.79 Å². The summed E-state index contributed by atoms with van der Waals surface area (Å²) in [6, 6.07) is 6.40. The average Bonchev–Trinajstić information content (AvgIpc) is 2.98. The molecule has 1 aliphatic heterocycles. The van der Waals surface area contributed by atoms with Gasteiger partial charge in [0.15, 0.2) is 0 Å². The van der Waals surface area contributed by atoms with Gasteiger partial charge in [0, 0.05) is 47.2 Å². The lowest BCUT2D eigenvalue weighted by Crippen LogP contribution is -2.56. The predicted molar refractivity (Wildman–Crippen MR) is 120 cm³/mol. The number of fused-ring (bicyclic) bond motifs is 2. The van der Waals surface area contributed by atoms with Gasteiger partial charge in [-0.05, 0) is 71.7 Å². The van der Waals surface area contributed by atoms with E-state index < -0.39 is 0 Å².